The molecule has 5 nitrogen and oxygen atoms in total. The monoisotopic (exact) mass is 382 g/mol. The Labute approximate surface area is 155 Å². The molecule has 0 bridgehead atoms. The predicted molar refractivity (Wildman–Crippen MR) is 93.8 cm³/mol. The molecule has 2 rings (SSSR count). The van der Waals surface area contributed by atoms with Crippen LogP contribution in [-0.2, 0) is 9.53 Å². The van der Waals surface area contributed by atoms with Crippen LogP contribution in [0.2, 0.25) is 0 Å². The Morgan fingerprint density at radius 3 is 2.56 bits per heavy atom. The van der Waals surface area contributed by atoms with Crippen molar-refractivity contribution in [3.63, 3.8) is 0 Å². The van der Waals surface area contributed by atoms with Crippen LogP contribution in [0, 0.1) is 17.8 Å². The van der Waals surface area contributed by atoms with E-state index in [9.17, 15) is 22.8 Å². The lowest BCUT2D eigenvalue weighted by Gasteiger charge is -2.30. The molecule has 1 fully saturated rings. The zero-order valence-corrected chi connectivity index (χ0v) is 14.7. The Morgan fingerprint density at radius 1 is 1.22 bits per heavy atom. The molecule has 1 aromatic rings. The van der Waals surface area contributed by atoms with Gasteiger partial charge in [-0.15, -0.1) is 0 Å². The van der Waals surface area contributed by atoms with Crippen molar-refractivity contribution in [3.8, 4) is 11.8 Å². The topological polar surface area (TPSA) is 72.6 Å². The number of nitrogens with zero attached hydrogens (tertiary/aromatic N) is 1. The molecule has 0 aliphatic heterocycles. The zero-order chi connectivity index (χ0) is 19.9. The van der Waals surface area contributed by atoms with Crippen molar-refractivity contribution in [1.82, 2.24) is 0 Å². The minimum absolute atomic E-state index is 0.0278. The van der Waals surface area contributed by atoms with Gasteiger partial charge in [0.05, 0.1) is 0 Å². The highest BCUT2D eigenvalue weighted by molar-refractivity contribution is 5.97. The first-order chi connectivity index (χ1) is 12.8. The Morgan fingerprint density at radius 2 is 1.93 bits per heavy atom. The number of benzene rings is 1. The number of hydrogen-bond donors (Lipinski definition) is 1. The molecule has 0 unspecified atom stereocenters. The number of nitrogens with two attached hydrogens (primary N) is 1. The summed E-state index contributed by atoms with van der Waals surface area (Å²) in [4.78, 5) is 23.3. The molecule has 0 radical (unpaired) electrons. The van der Waals surface area contributed by atoms with Gasteiger partial charge in [-0.2, -0.15) is 13.2 Å². The second-order valence-electron chi connectivity index (χ2n) is 6.38. The SMILES string of the molecule is NC(=O)OCC#Cc1cccc(N(CC2CCCCC2)C(=O)C(F)(F)F)c1. The highest BCUT2D eigenvalue weighted by Crippen LogP contribution is 2.30. The summed E-state index contributed by atoms with van der Waals surface area (Å²) in [5.41, 5.74) is 5.37. The number of carbonyl (C=O) groups excluding carboxylic acids is 2. The van der Waals surface area contributed by atoms with Crippen LogP contribution in [0.25, 0.3) is 0 Å². The third-order valence-electron chi connectivity index (χ3n) is 4.33. The first-order valence-corrected chi connectivity index (χ1v) is 8.67. The fourth-order valence-electron chi connectivity index (χ4n) is 3.08. The first kappa shape index (κ1) is 20.6. The Hall–Kier alpha value is -2.69. The van der Waals surface area contributed by atoms with Crippen molar-refractivity contribution in [3.05, 3.63) is 29.8 Å². The van der Waals surface area contributed by atoms with Crippen LogP contribution in [0.15, 0.2) is 24.3 Å². The number of rotatable bonds is 4. The summed E-state index contributed by atoms with van der Waals surface area (Å²) < 4.78 is 43.7. The highest BCUT2D eigenvalue weighted by Gasteiger charge is 2.43. The Balaban J connectivity index is 2.22. The van der Waals surface area contributed by atoms with Gasteiger partial charge >= 0.3 is 18.2 Å². The third-order valence-corrected chi connectivity index (χ3v) is 4.33. The van der Waals surface area contributed by atoms with Gasteiger partial charge < -0.3 is 15.4 Å². The molecule has 1 aliphatic carbocycles. The summed E-state index contributed by atoms with van der Waals surface area (Å²) >= 11 is 0. The van der Waals surface area contributed by atoms with E-state index in [1.54, 1.807) is 6.07 Å². The molecule has 8 heteroatoms. The third kappa shape index (κ3) is 6.51. The largest absolute Gasteiger partial charge is 0.471 e. The number of hydrogen-bond acceptors (Lipinski definition) is 3. The molecule has 0 aromatic heterocycles. The number of anilines is 1. The summed E-state index contributed by atoms with van der Waals surface area (Å²) in [6, 6.07) is 6.00. The van der Waals surface area contributed by atoms with Crippen molar-refractivity contribution in [2.75, 3.05) is 18.1 Å². The van der Waals surface area contributed by atoms with Crippen LogP contribution in [-0.4, -0.2) is 31.3 Å². The van der Waals surface area contributed by atoms with Gasteiger partial charge in [-0.1, -0.05) is 37.2 Å². The number of primary amides is 1. The van der Waals surface area contributed by atoms with Crippen LogP contribution in [0.4, 0.5) is 23.7 Å². The van der Waals surface area contributed by atoms with E-state index in [1.807, 2.05) is 0 Å². The van der Waals surface area contributed by atoms with Gasteiger partial charge in [-0.3, -0.25) is 4.79 Å². The van der Waals surface area contributed by atoms with E-state index in [0.717, 1.165) is 37.0 Å². The van der Waals surface area contributed by atoms with Gasteiger partial charge in [-0.25, -0.2) is 4.79 Å². The molecule has 1 aliphatic rings. The average Bonchev–Trinajstić information content (AvgIpc) is 2.63. The van der Waals surface area contributed by atoms with Crippen LogP contribution >= 0.6 is 0 Å². The van der Waals surface area contributed by atoms with Crippen LogP contribution in [0.5, 0.6) is 0 Å². The van der Waals surface area contributed by atoms with E-state index in [4.69, 9.17) is 5.73 Å². The fraction of sp³-hybridized carbons (Fsp3) is 0.474. The number of halogens is 3. The molecule has 2 amide bonds. The molecule has 146 valence electrons. The van der Waals surface area contributed by atoms with Gasteiger partial charge in [0.15, 0.2) is 6.61 Å². The summed E-state index contributed by atoms with van der Waals surface area (Å²) in [6.45, 7) is -0.202. The lowest BCUT2D eigenvalue weighted by atomic mass is 9.88. The number of ether oxygens (including phenoxy) is 1. The van der Waals surface area contributed by atoms with Crippen LogP contribution in [0.3, 0.4) is 0 Å². The highest BCUT2D eigenvalue weighted by atomic mass is 19.4. The summed E-state index contributed by atoms with van der Waals surface area (Å²) in [6.07, 6.45) is -1.30. The number of carbonyl (C=O) groups is 2. The minimum Gasteiger partial charge on any atom is -0.437 e. The molecule has 27 heavy (non-hydrogen) atoms. The van der Waals surface area contributed by atoms with Crippen molar-refractivity contribution in [2.24, 2.45) is 11.7 Å². The Kier molecular flexibility index (Phi) is 7.11. The van der Waals surface area contributed by atoms with Gasteiger partial charge in [0.25, 0.3) is 0 Å². The maximum Gasteiger partial charge on any atom is 0.471 e. The zero-order valence-electron chi connectivity index (χ0n) is 14.7. The van der Waals surface area contributed by atoms with E-state index < -0.39 is 18.2 Å². The maximum absolute atomic E-state index is 13.1. The second kappa shape index (κ2) is 9.31. The van der Waals surface area contributed by atoms with Crippen molar-refractivity contribution in [1.29, 1.82) is 0 Å². The van der Waals surface area contributed by atoms with E-state index in [-0.39, 0.29) is 24.8 Å². The van der Waals surface area contributed by atoms with Crippen molar-refractivity contribution < 1.29 is 27.5 Å². The second-order valence-corrected chi connectivity index (χ2v) is 6.38. The lowest BCUT2D eigenvalue weighted by Crippen LogP contribution is -2.44. The molecule has 0 heterocycles. The molecule has 0 atom stereocenters. The molecule has 1 saturated carbocycles. The minimum atomic E-state index is -4.95. The van der Waals surface area contributed by atoms with E-state index in [2.05, 4.69) is 16.6 Å². The van der Waals surface area contributed by atoms with Crippen LogP contribution < -0.4 is 10.6 Å². The average molecular weight is 382 g/mol. The van der Waals surface area contributed by atoms with Crippen molar-refractivity contribution in [2.45, 2.75) is 38.3 Å². The number of alkyl halides is 3. The molecule has 1 aromatic carbocycles. The molecule has 0 saturated heterocycles. The van der Waals surface area contributed by atoms with E-state index >= 15 is 0 Å². The summed E-state index contributed by atoms with van der Waals surface area (Å²) in [5.74, 6) is 3.38. The normalized spacial score (nSPS) is 14.8. The van der Waals surface area contributed by atoms with Crippen molar-refractivity contribution >= 4 is 17.7 Å². The molecule has 2 N–H and O–H groups in total. The summed E-state index contributed by atoms with van der Waals surface area (Å²) in [7, 11) is 0. The Bertz CT molecular complexity index is 732. The molecular formula is C19H21F3N2O3. The summed E-state index contributed by atoms with van der Waals surface area (Å²) in [5, 5.41) is 0. The predicted octanol–water partition coefficient (Wildman–Crippen LogP) is 3.61. The molecular weight excluding hydrogens is 361 g/mol. The number of amides is 2. The van der Waals surface area contributed by atoms with Gasteiger partial charge in [0, 0.05) is 17.8 Å². The maximum atomic E-state index is 13.1. The van der Waals surface area contributed by atoms with Gasteiger partial charge in [-0.05, 0) is 37.0 Å². The van der Waals surface area contributed by atoms with E-state index in [1.165, 1.54) is 18.2 Å². The smallest absolute Gasteiger partial charge is 0.437 e. The quantitative estimate of drug-likeness (QED) is 0.809. The first-order valence-electron chi connectivity index (χ1n) is 8.67. The van der Waals surface area contributed by atoms with Gasteiger partial charge in [0.1, 0.15) is 0 Å². The standard InChI is InChI=1S/C19H21F3N2O3/c20-19(21,22)17(25)24(13-15-6-2-1-3-7-15)16-10-4-8-14(12-16)9-5-11-27-18(23)26/h4,8,10,12,15H,1-3,6-7,11,13H2,(H2,23,26). The molecule has 0 spiro atoms. The fourth-order valence-corrected chi connectivity index (χ4v) is 3.08. The van der Waals surface area contributed by atoms with E-state index in [0.29, 0.717) is 5.56 Å². The van der Waals surface area contributed by atoms with Gasteiger partial charge in [0.2, 0.25) is 0 Å². The lowest BCUT2D eigenvalue weighted by molar-refractivity contribution is -0.170. The van der Waals surface area contributed by atoms with Crippen LogP contribution in [0.1, 0.15) is 37.7 Å².